The maximum absolute atomic E-state index is 12.5. The van der Waals surface area contributed by atoms with Gasteiger partial charge in [-0.25, -0.2) is 4.79 Å². The molecule has 9 heteroatoms. The molecule has 0 saturated carbocycles. The van der Waals surface area contributed by atoms with Gasteiger partial charge in [-0.05, 0) is 82.7 Å². The van der Waals surface area contributed by atoms with E-state index in [1.165, 1.54) is 18.2 Å². The molecule has 2 aromatic carbocycles. The Morgan fingerprint density at radius 2 is 1.94 bits per heavy atom. The second kappa shape index (κ2) is 10.7. The number of thioether (sulfide) groups is 1. The molecular weight excluding hydrogens is 545 g/mol. The maximum atomic E-state index is 12.5. The Hall–Kier alpha value is -2.79. The molecule has 0 atom stereocenters. The Morgan fingerprint density at radius 1 is 1.22 bits per heavy atom. The van der Waals surface area contributed by atoms with E-state index < -0.39 is 5.97 Å². The molecule has 7 nitrogen and oxygen atoms in total. The van der Waals surface area contributed by atoms with Crippen molar-refractivity contribution in [2.75, 3.05) is 13.2 Å². The van der Waals surface area contributed by atoms with Crippen LogP contribution >= 0.6 is 34.4 Å². The highest BCUT2D eigenvalue weighted by molar-refractivity contribution is 14.1. The SMILES string of the molecule is C=CCN1C(=O)S/C(=C/c2cc(I)c(OCc3ccc(C(=O)O)cc3)c(OCC)c2)C1=O. The van der Waals surface area contributed by atoms with Crippen molar-refractivity contribution < 1.29 is 29.0 Å². The molecule has 1 aliphatic heterocycles. The molecular formula is C23H20INO6S. The minimum absolute atomic E-state index is 0.171. The van der Waals surface area contributed by atoms with Gasteiger partial charge in [0.15, 0.2) is 11.5 Å². The lowest BCUT2D eigenvalue weighted by atomic mass is 10.1. The maximum Gasteiger partial charge on any atom is 0.335 e. The van der Waals surface area contributed by atoms with Crippen LogP contribution in [0.3, 0.4) is 0 Å². The number of hydrogen-bond acceptors (Lipinski definition) is 6. The van der Waals surface area contributed by atoms with Crippen LogP contribution in [0.5, 0.6) is 11.5 Å². The third-order valence-corrected chi connectivity index (χ3v) is 6.11. The number of benzene rings is 2. The summed E-state index contributed by atoms with van der Waals surface area (Å²) in [6, 6.07) is 10.0. The van der Waals surface area contributed by atoms with Crippen molar-refractivity contribution >= 4 is 57.5 Å². The number of carbonyl (C=O) groups excluding carboxylic acids is 2. The van der Waals surface area contributed by atoms with E-state index in [4.69, 9.17) is 14.6 Å². The lowest BCUT2D eigenvalue weighted by Gasteiger charge is -2.15. The number of carboxylic acid groups (broad SMARTS) is 1. The quantitative estimate of drug-likeness (QED) is 0.254. The molecule has 2 amide bonds. The van der Waals surface area contributed by atoms with Crippen molar-refractivity contribution in [3.8, 4) is 11.5 Å². The highest BCUT2D eigenvalue weighted by Gasteiger charge is 2.34. The Balaban J connectivity index is 1.83. The number of amides is 2. The number of imide groups is 1. The van der Waals surface area contributed by atoms with Gasteiger partial charge < -0.3 is 14.6 Å². The number of carbonyl (C=O) groups is 3. The van der Waals surface area contributed by atoms with Crippen LogP contribution in [0.4, 0.5) is 4.79 Å². The van der Waals surface area contributed by atoms with E-state index in [9.17, 15) is 14.4 Å². The minimum Gasteiger partial charge on any atom is -0.490 e. The van der Waals surface area contributed by atoms with Crippen LogP contribution in [0.1, 0.15) is 28.4 Å². The number of halogens is 1. The lowest BCUT2D eigenvalue weighted by molar-refractivity contribution is -0.122. The second-order valence-corrected chi connectivity index (χ2v) is 8.79. The summed E-state index contributed by atoms with van der Waals surface area (Å²) in [4.78, 5) is 37.0. The first-order valence-electron chi connectivity index (χ1n) is 9.61. The molecule has 1 N–H and O–H groups in total. The van der Waals surface area contributed by atoms with Crippen LogP contribution in [0.25, 0.3) is 6.08 Å². The summed E-state index contributed by atoms with van der Waals surface area (Å²) in [5.41, 5.74) is 1.73. The van der Waals surface area contributed by atoms with Gasteiger partial charge in [0, 0.05) is 6.54 Å². The average Bonchev–Trinajstić information content (AvgIpc) is 3.01. The summed E-state index contributed by atoms with van der Waals surface area (Å²) >= 11 is 3.02. The van der Waals surface area contributed by atoms with Gasteiger partial charge >= 0.3 is 5.97 Å². The number of rotatable bonds is 9. The number of ether oxygens (including phenoxy) is 2. The lowest BCUT2D eigenvalue weighted by Crippen LogP contribution is -2.27. The van der Waals surface area contributed by atoms with E-state index in [0.717, 1.165) is 25.8 Å². The zero-order valence-corrected chi connectivity index (χ0v) is 20.1. The van der Waals surface area contributed by atoms with E-state index in [1.807, 2.05) is 13.0 Å². The second-order valence-electron chi connectivity index (χ2n) is 6.63. The van der Waals surface area contributed by atoms with E-state index in [2.05, 4.69) is 29.2 Å². The largest absolute Gasteiger partial charge is 0.490 e. The number of hydrogen-bond donors (Lipinski definition) is 1. The summed E-state index contributed by atoms with van der Waals surface area (Å²) < 4.78 is 12.5. The summed E-state index contributed by atoms with van der Waals surface area (Å²) in [6.45, 7) is 6.25. The number of aromatic carboxylic acids is 1. The molecule has 166 valence electrons. The van der Waals surface area contributed by atoms with Gasteiger partial charge in [0.2, 0.25) is 0 Å². The fourth-order valence-electron chi connectivity index (χ4n) is 2.91. The molecule has 1 fully saturated rings. The number of carboxylic acids is 1. The van der Waals surface area contributed by atoms with Gasteiger partial charge in [0.1, 0.15) is 6.61 Å². The predicted molar refractivity (Wildman–Crippen MR) is 131 cm³/mol. The van der Waals surface area contributed by atoms with Gasteiger partial charge in [-0.1, -0.05) is 18.2 Å². The molecule has 0 radical (unpaired) electrons. The van der Waals surface area contributed by atoms with E-state index in [0.29, 0.717) is 28.6 Å². The predicted octanol–water partition coefficient (Wildman–Crippen LogP) is 5.19. The highest BCUT2D eigenvalue weighted by atomic mass is 127. The van der Waals surface area contributed by atoms with Gasteiger partial charge in [-0.3, -0.25) is 14.5 Å². The molecule has 1 aliphatic rings. The molecule has 0 aliphatic carbocycles. The molecule has 0 spiro atoms. The van der Waals surface area contributed by atoms with Gasteiger partial charge in [0.25, 0.3) is 11.1 Å². The summed E-state index contributed by atoms with van der Waals surface area (Å²) in [7, 11) is 0. The third-order valence-electron chi connectivity index (χ3n) is 4.40. The van der Waals surface area contributed by atoms with Gasteiger partial charge in [-0.15, -0.1) is 6.58 Å². The Morgan fingerprint density at radius 3 is 2.56 bits per heavy atom. The summed E-state index contributed by atoms with van der Waals surface area (Å²) in [6.07, 6.45) is 3.17. The molecule has 0 unspecified atom stereocenters. The Bertz CT molecular complexity index is 1100. The van der Waals surface area contributed by atoms with Crippen LogP contribution in [-0.4, -0.2) is 40.3 Å². The molecule has 1 heterocycles. The first-order valence-corrected chi connectivity index (χ1v) is 11.5. The fourth-order valence-corrected chi connectivity index (χ4v) is 4.54. The average molecular weight is 565 g/mol. The topological polar surface area (TPSA) is 93.1 Å². The van der Waals surface area contributed by atoms with Crippen molar-refractivity contribution in [1.82, 2.24) is 4.90 Å². The van der Waals surface area contributed by atoms with Crippen molar-refractivity contribution in [2.24, 2.45) is 0 Å². The van der Waals surface area contributed by atoms with Crippen molar-refractivity contribution in [2.45, 2.75) is 13.5 Å². The fraction of sp³-hybridized carbons (Fsp3) is 0.174. The van der Waals surface area contributed by atoms with Crippen molar-refractivity contribution in [3.63, 3.8) is 0 Å². The molecule has 0 aromatic heterocycles. The Kier molecular flexibility index (Phi) is 7.97. The first-order chi connectivity index (χ1) is 15.3. The van der Waals surface area contributed by atoms with Crippen LogP contribution in [0, 0.1) is 3.57 Å². The van der Waals surface area contributed by atoms with E-state index in [-0.39, 0.29) is 29.9 Å². The molecule has 1 saturated heterocycles. The monoisotopic (exact) mass is 565 g/mol. The smallest absolute Gasteiger partial charge is 0.335 e. The van der Waals surface area contributed by atoms with Crippen LogP contribution in [-0.2, 0) is 11.4 Å². The summed E-state index contributed by atoms with van der Waals surface area (Å²) in [5, 5.41) is 8.69. The molecule has 3 rings (SSSR count). The van der Waals surface area contributed by atoms with Gasteiger partial charge in [0.05, 0.1) is 20.6 Å². The normalized spacial score (nSPS) is 14.7. The van der Waals surface area contributed by atoms with Crippen molar-refractivity contribution in [1.29, 1.82) is 0 Å². The zero-order chi connectivity index (χ0) is 23.3. The minimum atomic E-state index is -0.983. The van der Waals surface area contributed by atoms with E-state index >= 15 is 0 Å². The van der Waals surface area contributed by atoms with Crippen LogP contribution in [0.2, 0.25) is 0 Å². The van der Waals surface area contributed by atoms with Crippen LogP contribution in [0.15, 0.2) is 54.0 Å². The highest BCUT2D eigenvalue weighted by Crippen LogP contribution is 2.37. The van der Waals surface area contributed by atoms with Gasteiger partial charge in [-0.2, -0.15) is 0 Å². The number of nitrogens with zero attached hydrogens (tertiary/aromatic N) is 1. The first kappa shape index (κ1) is 23.9. The standard InChI is InChI=1S/C23H20INO6S/c1-3-9-25-21(26)19(32-23(25)29)12-15-10-17(24)20(18(11-15)30-4-2)31-13-14-5-7-16(8-6-14)22(27)28/h3,5-8,10-12H,1,4,9,13H2,2H3,(H,27,28)/b19-12+. The Labute approximate surface area is 203 Å². The third kappa shape index (κ3) is 5.52. The summed E-state index contributed by atoms with van der Waals surface area (Å²) in [5.74, 6) is -0.272. The van der Waals surface area contributed by atoms with E-state index in [1.54, 1.807) is 24.3 Å². The molecule has 0 bridgehead atoms. The zero-order valence-electron chi connectivity index (χ0n) is 17.2. The van der Waals surface area contributed by atoms with Crippen LogP contribution < -0.4 is 9.47 Å². The molecule has 2 aromatic rings. The molecule has 32 heavy (non-hydrogen) atoms. The van der Waals surface area contributed by atoms with Crippen molar-refractivity contribution in [3.05, 3.63) is 74.2 Å².